The summed E-state index contributed by atoms with van der Waals surface area (Å²) in [5.74, 6) is 0.0409. The molecule has 10 heteroatoms. The van der Waals surface area contributed by atoms with Crippen molar-refractivity contribution in [2.45, 2.75) is 26.5 Å². The minimum Gasteiger partial charge on any atom is -0.493 e. The second kappa shape index (κ2) is 12.1. The third-order valence-electron chi connectivity index (χ3n) is 6.47. The molecule has 210 valence electrons. The number of carbonyl (C=O) groups excluding carboxylic acids is 1. The Labute approximate surface area is 244 Å². The van der Waals surface area contributed by atoms with Crippen LogP contribution >= 0.6 is 22.9 Å². The van der Waals surface area contributed by atoms with E-state index in [0.29, 0.717) is 49.3 Å². The Balaban J connectivity index is 1.54. The molecule has 1 aliphatic heterocycles. The lowest BCUT2D eigenvalue weighted by Crippen LogP contribution is -2.39. The van der Waals surface area contributed by atoms with Crippen molar-refractivity contribution in [1.82, 2.24) is 4.57 Å². The highest BCUT2D eigenvalue weighted by Crippen LogP contribution is 2.31. The average Bonchev–Trinajstić information content (AvgIpc) is 3.26. The number of benzene rings is 3. The fourth-order valence-corrected chi connectivity index (χ4v) is 5.84. The van der Waals surface area contributed by atoms with Gasteiger partial charge < -0.3 is 14.2 Å². The molecule has 1 atom stereocenters. The molecule has 0 bridgehead atoms. The van der Waals surface area contributed by atoms with Gasteiger partial charge in [-0.25, -0.2) is 14.2 Å². The largest absolute Gasteiger partial charge is 0.493 e. The van der Waals surface area contributed by atoms with Crippen LogP contribution in [0.3, 0.4) is 0 Å². The lowest BCUT2D eigenvalue weighted by atomic mass is 9.96. The molecular weight excluding hydrogens is 567 g/mol. The maximum atomic E-state index is 13.8. The Bertz CT molecular complexity index is 1830. The maximum Gasteiger partial charge on any atom is 0.338 e. The van der Waals surface area contributed by atoms with Gasteiger partial charge in [-0.15, -0.1) is 0 Å². The molecule has 0 aliphatic carbocycles. The van der Waals surface area contributed by atoms with E-state index in [0.717, 1.165) is 5.56 Å². The smallest absolute Gasteiger partial charge is 0.338 e. The van der Waals surface area contributed by atoms with Crippen LogP contribution in [0.15, 0.2) is 87.8 Å². The topological polar surface area (TPSA) is 79.1 Å². The fourth-order valence-electron chi connectivity index (χ4n) is 4.58. The van der Waals surface area contributed by atoms with Crippen molar-refractivity contribution in [3.8, 4) is 11.5 Å². The van der Waals surface area contributed by atoms with Gasteiger partial charge >= 0.3 is 5.97 Å². The summed E-state index contributed by atoms with van der Waals surface area (Å²) in [6.45, 7) is 3.88. The van der Waals surface area contributed by atoms with Gasteiger partial charge in [0.2, 0.25) is 0 Å². The van der Waals surface area contributed by atoms with Gasteiger partial charge in [-0.05, 0) is 73.0 Å². The van der Waals surface area contributed by atoms with Gasteiger partial charge in [-0.2, -0.15) is 0 Å². The molecule has 0 N–H and O–H groups in total. The summed E-state index contributed by atoms with van der Waals surface area (Å²) in [5.41, 5.74) is 2.53. The summed E-state index contributed by atoms with van der Waals surface area (Å²) in [6.07, 6.45) is 1.73. The summed E-state index contributed by atoms with van der Waals surface area (Å²) in [7, 11) is 1.54. The number of methoxy groups -OCH3 is 1. The van der Waals surface area contributed by atoms with Crippen LogP contribution in [0.1, 0.15) is 36.6 Å². The summed E-state index contributed by atoms with van der Waals surface area (Å²) in [4.78, 5) is 31.7. The molecule has 2 heterocycles. The molecule has 0 fully saturated rings. The molecule has 0 amide bonds. The summed E-state index contributed by atoms with van der Waals surface area (Å²) in [6, 6.07) is 17.7. The Hall–Kier alpha value is -4.21. The standard InChI is InChI=1S/C31H26ClFN2O5S/c1-4-39-30(37)27-18(2)34-31-35(28(27)21-9-11-23(33)12-10-21)29(36)26(41-31)16-19-8-13-24(25(15-19)38-3)40-17-20-6-5-7-22(32)14-20/h5-16,28H,4,17H2,1-3H3/b26-16-/t28-/m1/s1. The van der Waals surface area contributed by atoms with Crippen molar-refractivity contribution in [2.24, 2.45) is 4.99 Å². The van der Waals surface area contributed by atoms with E-state index in [1.54, 1.807) is 57.4 Å². The minimum atomic E-state index is -0.815. The summed E-state index contributed by atoms with van der Waals surface area (Å²) < 4.78 is 32.4. The number of hydrogen-bond acceptors (Lipinski definition) is 7. The molecule has 7 nitrogen and oxygen atoms in total. The fraction of sp³-hybridized carbons (Fsp3) is 0.194. The Morgan fingerprint density at radius 3 is 2.61 bits per heavy atom. The Morgan fingerprint density at radius 1 is 1.12 bits per heavy atom. The van der Waals surface area contributed by atoms with Crippen LogP contribution < -0.4 is 24.4 Å². The lowest BCUT2D eigenvalue weighted by molar-refractivity contribution is -0.139. The number of aromatic nitrogens is 1. The van der Waals surface area contributed by atoms with E-state index in [9.17, 15) is 14.0 Å². The zero-order valence-corrected chi connectivity index (χ0v) is 24.1. The predicted molar refractivity (Wildman–Crippen MR) is 156 cm³/mol. The maximum absolute atomic E-state index is 13.8. The van der Waals surface area contributed by atoms with Gasteiger partial charge in [0.05, 0.1) is 35.6 Å². The zero-order chi connectivity index (χ0) is 29.1. The van der Waals surface area contributed by atoms with Gasteiger partial charge in [0.25, 0.3) is 5.56 Å². The van der Waals surface area contributed by atoms with E-state index in [1.807, 2.05) is 24.3 Å². The highest BCUT2D eigenvalue weighted by Gasteiger charge is 2.33. The van der Waals surface area contributed by atoms with Crippen molar-refractivity contribution in [2.75, 3.05) is 13.7 Å². The molecule has 0 saturated carbocycles. The first-order valence-electron chi connectivity index (χ1n) is 12.8. The van der Waals surface area contributed by atoms with Crippen molar-refractivity contribution in [1.29, 1.82) is 0 Å². The van der Waals surface area contributed by atoms with Crippen LogP contribution in [0.4, 0.5) is 4.39 Å². The van der Waals surface area contributed by atoms with E-state index < -0.39 is 17.8 Å². The Morgan fingerprint density at radius 2 is 1.90 bits per heavy atom. The molecule has 0 saturated heterocycles. The molecular formula is C31H26ClFN2O5S. The number of esters is 1. The van der Waals surface area contributed by atoms with Crippen LogP contribution in [0.5, 0.6) is 11.5 Å². The van der Waals surface area contributed by atoms with Gasteiger partial charge in [0.1, 0.15) is 12.4 Å². The van der Waals surface area contributed by atoms with Crippen LogP contribution in [0.25, 0.3) is 6.08 Å². The molecule has 1 aromatic heterocycles. The number of allylic oxidation sites excluding steroid dienone is 1. The van der Waals surface area contributed by atoms with Crippen LogP contribution in [-0.2, 0) is 16.1 Å². The first-order valence-corrected chi connectivity index (χ1v) is 14.0. The SMILES string of the molecule is CCOC(=O)C1=C(C)N=c2s/c(=C\c3ccc(OCc4cccc(Cl)c4)c(OC)c3)c(=O)n2[C@@H]1c1ccc(F)cc1. The van der Waals surface area contributed by atoms with Crippen molar-refractivity contribution in [3.05, 3.63) is 125 Å². The van der Waals surface area contributed by atoms with Crippen molar-refractivity contribution >= 4 is 35.0 Å². The molecule has 0 spiro atoms. The van der Waals surface area contributed by atoms with E-state index in [1.165, 1.54) is 28.0 Å². The number of halogens is 2. The molecule has 5 rings (SSSR count). The molecule has 41 heavy (non-hydrogen) atoms. The van der Waals surface area contributed by atoms with Crippen LogP contribution in [0.2, 0.25) is 5.02 Å². The number of thiazole rings is 1. The average molecular weight is 593 g/mol. The number of rotatable bonds is 8. The number of carbonyl (C=O) groups is 1. The molecule has 3 aromatic carbocycles. The van der Waals surface area contributed by atoms with E-state index in [2.05, 4.69) is 4.99 Å². The van der Waals surface area contributed by atoms with E-state index >= 15 is 0 Å². The lowest BCUT2D eigenvalue weighted by Gasteiger charge is -2.24. The second-order valence-electron chi connectivity index (χ2n) is 9.18. The molecule has 1 aliphatic rings. The van der Waals surface area contributed by atoms with Gasteiger partial charge in [0, 0.05) is 5.02 Å². The monoisotopic (exact) mass is 592 g/mol. The number of fused-ring (bicyclic) bond motifs is 1. The Kier molecular flexibility index (Phi) is 8.37. The minimum absolute atomic E-state index is 0.164. The van der Waals surface area contributed by atoms with Crippen LogP contribution in [0, 0.1) is 5.82 Å². The van der Waals surface area contributed by atoms with Gasteiger partial charge in [-0.3, -0.25) is 9.36 Å². The zero-order valence-electron chi connectivity index (χ0n) is 22.5. The van der Waals surface area contributed by atoms with E-state index in [-0.39, 0.29) is 17.7 Å². The highest BCUT2D eigenvalue weighted by atomic mass is 35.5. The third-order valence-corrected chi connectivity index (χ3v) is 7.69. The normalized spacial score (nSPS) is 14.9. The highest BCUT2D eigenvalue weighted by molar-refractivity contribution is 7.07. The number of ether oxygens (including phenoxy) is 3. The first kappa shape index (κ1) is 28.3. The molecule has 0 unspecified atom stereocenters. The van der Waals surface area contributed by atoms with Gasteiger partial charge in [-0.1, -0.05) is 53.3 Å². The first-order chi connectivity index (χ1) is 19.8. The summed E-state index contributed by atoms with van der Waals surface area (Å²) >= 11 is 7.27. The van der Waals surface area contributed by atoms with Gasteiger partial charge in [0.15, 0.2) is 16.3 Å². The number of nitrogens with zero attached hydrogens (tertiary/aromatic N) is 2. The summed E-state index contributed by atoms with van der Waals surface area (Å²) in [5, 5.41) is 0.626. The molecule has 0 radical (unpaired) electrons. The van der Waals surface area contributed by atoms with Crippen molar-refractivity contribution < 1.29 is 23.4 Å². The predicted octanol–water partition coefficient (Wildman–Crippen LogP) is 5.18. The quantitative estimate of drug-likeness (QED) is 0.264. The number of hydrogen-bond donors (Lipinski definition) is 0. The van der Waals surface area contributed by atoms with Crippen LogP contribution in [-0.4, -0.2) is 24.3 Å². The molecule has 4 aromatic rings. The second-order valence-corrected chi connectivity index (χ2v) is 10.6. The van der Waals surface area contributed by atoms with E-state index in [4.69, 9.17) is 25.8 Å². The third kappa shape index (κ3) is 5.96. The van der Waals surface area contributed by atoms with Crippen molar-refractivity contribution in [3.63, 3.8) is 0 Å².